The van der Waals surface area contributed by atoms with Crippen molar-refractivity contribution >= 4 is 0 Å². The molecule has 0 radical (unpaired) electrons. The second kappa shape index (κ2) is 7.22. The van der Waals surface area contributed by atoms with Gasteiger partial charge in [-0.2, -0.15) is 0 Å². The summed E-state index contributed by atoms with van der Waals surface area (Å²) in [7, 11) is 0. The zero-order valence-electron chi connectivity index (χ0n) is 12.3. The van der Waals surface area contributed by atoms with E-state index in [1.54, 1.807) is 0 Å². The first-order valence-corrected chi connectivity index (χ1v) is 6.61. The molecule has 0 saturated heterocycles. The summed E-state index contributed by atoms with van der Waals surface area (Å²) >= 11 is 0. The molecule has 0 aliphatic carbocycles. The van der Waals surface area contributed by atoms with Crippen LogP contribution in [0.4, 0.5) is 0 Å². The maximum absolute atomic E-state index is 5.84. The minimum absolute atomic E-state index is 0.649. The number of ether oxygens (including phenoxy) is 1. The predicted octanol–water partition coefficient (Wildman–Crippen LogP) is 3.76. The van der Waals surface area contributed by atoms with E-state index in [2.05, 4.69) is 58.1 Å². The predicted molar refractivity (Wildman–Crippen MR) is 78.2 cm³/mol. The molecule has 0 aliphatic rings. The number of aryl methyl sites for hydroxylation is 2. The molecule has 0 unspecified atom stereocenters. The summed E-state index contributed by atoms with van der Waals surface area (Å²) in [4.78, 5) is 0. The van der Waals surface area contributed by atoms with Crippen LogP contribution < -0.4 is 10.1 Å². The number of benzene rings is 1. The van der Waals surface area contributed by atoms with Gasteiger partial charge in [-0.25, -0.2) is 0 Å². The summed E-state index contributed by atoms with van der Waals surface area (Å²) in [6.07, 6.45) is 2.10. The molecule has 0 spiro atoms. The van der Waals surface area contributed by atoms with E-state index in [0.717, 1.165) is 18.8 Å². The third kappa shape index (κ3) is 4.53. The Morgan fingerprint density at radius 3 is 2.33 bits per heavy atom. The van der Waals surface area contributed by atoms with Gasteiger partial charge in [-0.15, -0.1) is 0 Å². The van der Waals surface area contributed by atoms with Crippen LogP contribution in [0.1, 0.15) is 37.5 Å². The smallest absolute Gasteiger partial charge is 0.125 e. The average molecular weight is 247 g/mol. The Labute approximate surface area is 111 Å². The van der Waals surface area contributed by atoms with Crippen LogP contribution in [0.25, 0.3) is 0 Å². The van der Waals surface area contributed by atoms with Crippen molar-refractivity contribution in [2.75, 3.05) is 13.2 Å². The Bertz CT molecular complexity index is 394. The third-order valence-electron chi connectivity index (χ3n) is 2.82. The SMILES string of the molecule is CCNCc1cc(C)c(OCC=C(C)C)c(C)c1. The second-order valence-corrected chi connectivity index (χ2v) is 4.93. The standard InChI is InChI=1S/C16H25NO/c1-6-17-11-15-9-13(4)16(14(5)10-15)18-8-7-12(2)3/h7,9-10,17H,6,8,11H2,1-5H3. The van der Waals surface area contributed by atoms with Crippen LogP contribution in [0.5, 0.6) is 5.75 Å². The highest BCUT2D eigenvalue weighted by Gasteiger charge is 2.05. The van der Waals surface area contributed by atoms with E-state index >= 15 is 0 Å². The van der Waals surface area contributed by atoms with Crippen LogP contribution in [0.3, 0.4) is 0 Å². The topological polar surface area (TPSA) is 21.3 Å². The van der Waals surface area contributed by atoms with Crippen molar-refractivity contribution < 1.29 is 4.74 Å². The van der Waals surface area contributed by atoms with Crippen molar-refractivity contribution in [3.63, 3.8) is 0 Å². The van der Waals surface area contributed by atoms with Crippen LogP contribution in [0.2, 0.25) is 0 Å². The summed E-state index contributed by atoms with van der Waals surface area (Å²) in [6.45, 7) is 13.1. The van der Waals surface area contributed by atoms with Gasteiger partial charge in [0.25, 0.3) is 0 Å². The molecule has 0 amide bonds. The lowest BCUT2D eigenvalue weighted by atomic mass is 10.1. The van der Waals surface area contributed by atoms with E-state index in [-0.39, 0.29) is 0 Å². The minimum Gasteiger partial charge on any atom is -0.489 e. The number of rotatable bonds is 6. The van der Waals surface area contributed by atoms with E-state index in [9.17, 15) is 0 Å². The molecule has 0 aliphatic heterocycles. The van der Waals surface area contributed by atoms with E-state index in [1.807, 2.05) is 0 Å². The first kappa shape index (κ1) is 14.8. The Hall–Kier alpha value is -1.28. The molecule has 2 nitrogen and oxygen atoms in total. The van der Waals surface area contributed by atoms with Gasteiger partial charge < -0.3 is 10.1 Å². The van der Waals surface area contributed by atoms with Crippen LogP contribution in [0.15, 0.2) is 23.8 Å². The first-order valence-electron chi connectivity index (χ1n) is 6.61. The molecule has 0 atom stereocenters. The van der Waals surface area contributed by atoms with Crippen LogP contribution >= 0.6 is 0 Å². The number of hydrogen-bond donors (Lipinski definition) is 1. The summed E-state index contributed by atoms with van der Waals surface area (Å²) < 4.78 is 5.84. The molecular weight excluding hydrogens is 222 g/mol. The van der Waals surface area contributed by atoms with Crippen molar-refractivity contribution in [1.29, 1.82) is 0 Å². The third-order valence-corrected chi connectivity index (χ3v) is 2.82. The fourth-order valence-electron chi connectivity index (χ4n) is 1.93. The average Bonchev–Trinajstić information content (AvgIpc) is 2.29. The molecular formula is C16H25NO. The Kier molecular flexibility index (Phi) is 5.93. The van der Waals surface area contributed by atoms with Gasteiger partial charge >= 0.3 is 0 Å². The van der Waals surface area contributed by atoms with Gasteiger partial charge in [-0.1, -0.05) is 24.6 Å². The number of allylic oxidation sites excluding steroid dienone is 1. The molecule has 1 N–H and O–H groups in total. The van der Waals surface area contributed by atoms with Crippen molar-refractivity contribution in [2.24, 2.45) is 0 Å². The molecule has 0 bridgehead atoms. The van der Waals surface area contributed by atoms with Crippen LogP contribution in [-0.4, -0.2) is 13.2 Å². The molecule has 100 valence electrons. The molecule has 1 rings (SSSR count). The van der Waals surface area contributed by atoms with Crippen molar-refractivity contribution in [1.82, 2.24) is 5.32 Å². The van der Waals surface area contributed by atoms with Gasteiger partial charge in [0.1, 0.15) is 12.4 Å². The van der Waals surface area contributed by atoms with Gasteiger partial charge in [0.2, 0.25) is 0 Å². The monoisotopic (exact) mass is 247 g/mol. The number of nitrogens with one attached hydrogen (secondary N) is 1. The Morgan fingerprint density at radius 2 is 1.83 bits per heavy atom. The van der Waals surface area contributed by atoms with Crippen molar-refractivity contribution in [2.45, 2.75) is 41.2 Å². The largest absolute Gasteiger partial charge is 0.489 e. The van der Waals surface area contributed by atoms with E-state index in [0.29, 0.717) is 6.61 Å². The van der Waals surface area contributed by atoms with Crippen LogP contribution in [0, 0.1) is 13.8 Å². The Morgan fingerprint density at radius 1 is 1.22 bits per heavy atom. The molecule has 0 saturated carbocycles. The maximum atomic E-state index is 5.84. The van der Waals surface area contributed by atoms with Crippen LogP contribution in [-0.2, 0) is 6.54 Å². The minimum atomic E-state index is 0.649. The first-order chi connectivity index (χ1) is 8.54. The maximum Gasteiger partial charge on any atom is 0.125 e. The Balaban J connectivity index is 2.77. The second-order valence-electron chi connectivity index (χ2n) is 4.93. The van der Waals surface area contributed by atoms with Gasteiger partial charge in [0.05, 0.1) is 0 Å². The van der Waals surface area contributed by atoms with E-state index < -0.39 is 0 Å². The zero-order chi connectivity index (χ0) is 13.5. The number of hydrogen-bond acceptors (Lipinski definition) is 2. The van der Waals surface area contributed by atoms with Gasteiger partial charge in [0, 0.05) is 6.54 Å². The van der Waals surface area contributed by atoms with Crippen molar-refractivity contribution in [3.8, 4) is 5.75 Å². The molecule has 1 aromatic rings. The van der Waals surface area contributed by atoms with E-state index in [4.69, 9.17) is 4.74 Å². The molecule has 2 heteroatoms. The molecule has 0 heterocycles. The summed E-state index contributed by atoms with van der Waals surface area (Å²) in [5.74, 6) is 1.02. The highest BCUT2D eigenvalue weighted by Crippen LogP contribution is 2.24. The van der Waals surface area contributed by atoms with Gasteiger partial charge in [-0.05, 0) is 57.0 Å². The lowest BCUT2D eigenvalue weighted by Crippen LogP contribution is -2.12. The van der Waals surface area contributed by atoms with Crippen molar-refractivity contribution in [3.05, 3.63) is 40.5 Å². The quantitative estimate of drug-likeness (QED) is 0.773. The highest BCUT2D eigenvalue weighted by atomic mass is 16.5. The molecule has 0 fully saturated rings. The summed E-state index contributed by atoms with van der Waals surface area (Å²) in [5, 5.41) is 3.35. The normalized spacial score (nSPS) is 10.3. The zero-order valence-corrected chi connectivity index (χ0v) is 12.3. The lowest BCUT2D eigenvalue weighted by Gasteiger charge is -2.13. The lowest BCUT2D eigenvalue weighted by molar-refractivity contribution is 0.356. The molecule has 18 heavy (non-hydrogen) atoms. The van der Waals surface area contributed by atoms with E-state index in [1.165, 1.54) is 22.3 Å². The van der Waals surface area contributed by atoms with Gasteiger partial charge in [-0.3, -0.25) is 0 Å². The highest BCUT2D eigenvalue weighted by molar-refractivity contribution is 5.43. The summed E-state index contributed by atoms with van der Waals surface area (Å²) in [5.41, 5.74) is 5.03. The molecule has 0 aromatic heterocycles. The summed E-state index contributed by atoms with van der Waals surface area (Å²) in [6, 6.07) is 4.40. The fourth-order valence-corrected chi connectivity index (χ4v) is 1.93. The fraction of sp³-hybridized carbons (Fsp3) is 0.500. The molecule has 1 aromatic carbocycles. The van der Waals surface area contributed by atoms with Gasteiger partial charge in [0.15, 0.2) is 0 Å².